The van der Waals surface area contributed by atoms with Crippen molar-refractivity contribution in [3.8, 4) is 0 Å². The lowest BCUT2D eigenvalue weighted by atomic mass is 9.91. The summed E-state index contributed by atoms with van der Waals surface area (Å²) in [5.74, 6) is 0.430. The summed E-state index contributed by atoms with van der Waals surface area (Å²) in [5, 5.41) is 19.9. The van der Waals surface area contributed by atoms with E-state index in [2.05, 4.69) is 18.7 Å². The maximum Gasteiger partial charge on any atom is 0.0869 e. The van der Waals surface area contributed by atoms with Crippen LogP contribution >= 0.6 is 0 Å². The molecule has 1 unspecified atom stereocenters. The molecule has 1 aromatic rings. The molecule has 1 rings (SSSR count). The van der Waals surface area contributed by atoms with Gasteiger partial charge in [0.05, 0.1) is 12.2 Å². The van der Waals surface area contributed by atoms with Crippen molar-refractivity contribution in [3.05, 3.63) is 35.9 Å². The number of aliphatic hydroxyl groups is 2. The summed E-state index contributed by atoms with van der Waals surface area (Å²) in [5.41, 5.74) is 0.180. The molecule has 0 fully saturated rings. The Hall–Kier alpha value is -0.900. The molecule has 20 heavy (non-hydrogen) atoms. The first kappa shape index (κ1) is 17.2. The average molecular weight is 279 g/mol. The minimum atomic E-state index is -0.783. The molecule has 2 atom stereocenters. The van der Waals surface area contributed by atoms with Crippen molar-refractivity contribution < 1.29 is 10.2 Å². The third kappa shape index (κ3) is 4.89. The van der Waals surface area contributed by atoms with Crippen LogP contribution in [-0.4, -0.2) is 41.4 Å². The van der Waals surface area contributed by atoms with E-state index in [9.17, 15) is 10.2 Å². The fourth-order valence-corrected chi connectivity index (χ4v) is 2.64. The Kier molecular flexibility index (Phi) is 6.66. The number of nitrogens with zero attached hydrogens (tertiary/aromatic N) is 1. The molecule has 0 spiro atoms. The van der Waals surface area contributed by atoms with Gasteiger partial charge in [-0.3, -0.25) is 0 Å². The Morgan fingerprint density at radius 3 is 2.30 bits per heavy atom. The predicted octanol–water partition coefficient (Wildman–Crippen LogP) is 2.62. The second-order valence-electron chi connectivity index (χ2n) is 6.22. The molecule has 0 amide bonds. The highest BCUT2D eigenvalue weighted by Gasteiger charge is 2.23. The summed E-state index contributed by atoms with van der Waals surface area (Å²) in [7, 11) is 2.04. The highest BCUT2D eigenvalue weighted by molar-refractivity contribution is 5.21. The van der Waals surface area contributed by atoms with Crippen LogP contribution in [0.5, 0.6) is 0 Å². The number of aliphatic hydroxyl groups excluding tert-OH is 1. The molecular weight excluding hydrogens is 250 g/mol. The second-order valence-corrected chi connectivity index (χ2v) is 6.22. The van der Waals surface area contributed by atoms with Crippen LogP contribution in [0, 0.1) is 5.92 Å². The summed E-state index contributed by atoms with van der Waals surface area (Å²) >= 11 is 0. The van der Waals surface area contributed by atoms with Crippen molar-refractivity contribution in [2.24, 2.45) is 5.92 Å². The molecule has 0 aromatic heterocycles. The van der Waals surface area contributed by atoms with Gasteiger partial charge in [0.15, 0.2) is 0 Å². The topological polar surface area (TPSA) is 43.7 Å². The smallest absolute Gasteiger partial charge is 0.0869 e. The molecular formula is C17H29NO2. The van der Waals surface area contributed by atoms with Crippen LogP contribution in [0.15, 0.2) is 30.3 Å². The zero-order valence-electron chi connectivity index (χ0n) is 13.2. The molecule has 0 heterocycles. The van der Waals surface area contributed by atoms with E-state index in [4.69, 9.17) is 0 Å². The minimum Gasteiger partial charge on any atom is -0.395 e. The van der Waals surface area contributed by atoms with Crippen molar-refractivity contribution in [3.63, 3.8) is 0 Å². The minimum absolute atomic E-state index is 0.184. The Labute approximate surface area is 123 Å². The van der Waals surface area contributed by atoms with E-state index in [0.29, 0.717) is 5.92 Å². The Morgan fingerprint density at radius 2 is 1.80 bits per heavy atom. The third-order valence-electron chi connectivity index (χ3n) is 4.09. The summed E-state index contributed by atoms with van der Waals surface area (Å²) in [6, 6.07) is 9.99. The molecule has 0 radical (unpaired) electrons. The Balaban J connectivity index is 2.47. The second kappa shape index (κ2) is 7.77. The Bertz CT molecular complexity index is 376. The fraction of sp³-hybridized carbons (Fsp3) is 0.647. The van der Waals surface area contributed by atoms with E-state index < -0.39 is 5.60 Å². The van der Waals surface area contributed by atoms with E-state index in [0.717, 1.165) is 24.9 Å². The van der Waals surface area contributed by atoms with Crippen molar-refractivity contribution in [2.75, 3.05) is 20.2 Å². The van der Waals surface area contributed by atoms with Gasteiger partial charge in [-0.05, 0) is 44.8 Å². The van der Waals surface area contributed by atoms with Crippen molar-refractivity contribution in [1.82, 2.24) is 4.90 Å². The number of likely N-dealkylation sites (N-methyl/N-ethyl adjacent to an activating group) is 1. The maximum atomic E-state index is 10.5. The molecule has 0 saturated carbocycles. The van der Waals surface area contributed by atoms with Gasteiger partial charge in [0.25, 0.3) is 0 Å². The largest absolute Gasteiger partial charge is 0.395 e. The van der Waals surface area contributed by atoms with Gasteiger partial charge in [-0.15, -0.1) is 0 Å². The van der Waals surface area contributed by atoms with Crippen molar-refractivity contribution in [2.45, 2.75) is 45.3 Å². The first-order chi connectivity index (χ1) is 9.38. The van der Waals surface area contributed by atoms with Gasteiger partial charge >= 0.3 is 0 Å². The average Bonchev–Trinajstić information content (AvgIpc) is 2.40. The molecule has 114 valence electrons. The first-order valence-electron chi connectivity index (χ1n) is 7.47. The van der Waals surface area contributed by atoms with Gasteiger partial charge in [0.2, 0.25) is 0 Å². The van der Waals surface area contributed by atoms with Gasteiger partial charge in [-0.1, -0.05) is 44.2 Å². The SMILES string of the molecule is CC(C)[C@@H](CO)N(C)CCCC(C)(O)c1ccccc1. The fourth-order valence-electron chi connectivity index (χ4n) is 2.64. The van der Waals surface area contributed by atoms with Crippen molar-refractivity contribution in [1.29, 1.82) is 0 Å². The molecule has 0 bridgehead atoms. The van der Waals surface area contributed by atoms with Crippen LogP contribution in [0.4, 0.5) is 0 Å². The summed E-state index contributed by atoms with van der Waals surface area (Å²) < 4.78 is 0. The highest BCUT2D eigenvalue weighted by atomic mass is 16.3. The van der Waals surface area contributed by atoms with Gasteiger partial charge in [0.1, 0.15) is 0 Å². The van der Waals surface area contributed by atoms with Crippen LogP contribution in [0.1, 0.15) is 39.2 Å². The predicted molar refractivity (Wildman–Crippen MR) is 83.6 cm³/mol. The van der Waals surface area contributed by atoms with Gasteiger partial charge in [-0.2, -0.15) is 0 Å². The number of hydrogen-bond donors (Lipinski definition) is 2. The van der Waals surface area contributed by atoms with Crippen LogP contribution in [0.25, 0.3) is 0 Å². The molecule has 3 heteroatoms. The zero-order chi connectivity index (χ0) is 15.2. The lowest BCUT2D eigenvalue weighted by molar-refractivity contribution is 0.0384. The molecule has 2 N–H and O–H groups in total. The molecule has 0 aliphatic heterocycles. The lowest BCUT2D eigenvalue weighted by Crippen LogP contribution is -2.39. The molecule has 0 aliphatic carbocycles. The first-order valence-corrected chi connectivity index (χ1v) is 7.47. The number of benzene rings is 1. The third-order valence-corrected chi connectivity index (χ3v) is 4.09. The standard InChI is InChI=1S/C17H29NO2/c1-14(2)16(13-19)18(4)12-8-11-17(3,20)15-9-6-5-7-10-15/h5-7,9-10,14,16,19-20H,8,11-13H2,1-4H3/t16-,17?/m1/s1. The lowest BCUT2D eigenvalue weighted by Gasteiger charge is -2.31. The molecule has 3 nitrogen and oxygen atoms in total. The number of hydrogen-bond acceptors (Lipinski definition) is 3. The van der Waals surface area contributed by atoms with E-state index in [1.54, 1.807) is 0 Å². The van der Waals surface area contributed by atoms with E-state index in [-0.39, 0.29) is 12.6 Å². The van der Waals surface area contributed by atoms with E-state index in [1.807, 2.05) is 44.3 Å². The molecule has 0 aliphatic rings. The van der Waals surface area contributed by atoms with Gasteiger partial charge in [0, 0.05) is 6.04 Å². The number of rotatable bonds is 8. The highest BCUT2D eigenvalue weighted by Crippen LogP contribution is 2.25. The van der Waals surface area contributed by atoms with Gasteiger partial charge in [-0.25, -0.2) is 0 Å². The van der Waals surface area contributed by atoms with Gasteiger partial charge < -0.3 is 15.1 Å². The van der Waals surface area contributed by atoms with E-state index >= 15 is 0 Å². The normalized spacial score (nSPS) is 16.4. The van der Waals surface area contributed by atoms with E-state index in [1.165, 1.54) is 0 Å². The Morgan fingerprint density at radius 1 is 1.20 bits per heavy atom. The molecule has 0 saturated heterocycles. The zero-order valence-corrected chi connectivity index (χ0v) is 13.2. The molecule has 1 aromatic carbocycles. The summed E-state index contributed by atoms with van der Waals surface area (Å²) in [4.78, 5) is 2.19. The monoisotopic (exact) mass is 279 g/mol. The van der Waals surface area contributed by atoms with Crippen LogP contribution in [-0.2, 0) is 5.60 Å². The summed E-state index contributed by atoms with van der Waals surface area (Å²) in [6.07, 6.45) is 1.62. The van der Waals surface area contributed by atoms with Crippen molar-refractivity contribution >= 4 is 0 Å². The quantitative estimate of drug-likeness (QED) is 0.769. The van der Waals surface area contributed by atoms with Crippen LogP contribution < -0.4 is 0 Å². The van der Waals surface area contributed by atoms with Crippen LogP contribution in [0.3, 0.4) is 0 Å². The maximum absolute atomic E-state index is 10.5. The summed E-state index contributed by atoms with van der Waals surface area (Å²) in [6.45, 7) is 7.18. The van der Waals surface area contributed by atoms with Crippen LogP contribution in [0.2, 0.25) is 0 Å².